The van der Waals surface area contributed by atoms with E-state index in [0.29, 0.717) is 15.7 Å². The summed E-state index contributed by atoms with van der Waals surface area (Å²) in [6.07, 6.45) is 0. The van der Waals surface area contributed by atoms with Gasteiger partial charge in [-0.3, -0.25) is 4.55 Å². The molecule has 6 nitrogen and oxygen atoms in total. The van der Waals surface area contributed by atoms with Crippen LogP contribution in [0.25, 0.3) is 0 Å². The summed E-state index contributed by atoms with van der Waals surface area (Å²) in [6, 6.07) is 9.08. The Morgan fingerprint density at radius 2 is 1.55 bits per heavy atom. The number of nitrogens with one attached hydrogen (secondary N) is 2. The van der Waals surface area contributed by atoms with E-state index in [0.717, 1.165) is 6.07 Å². The van der Waals surface area contributed by atoms with Crippen molar-refractivity contribution in [1.82, 2.24) is 0 Å². The number of carbonyl (C=O) groups excluding carboxylic acids is 1. The van der Waals surface area contributed by atoms with Gasteiger partial charge in [-0.15, -0.1) is 0 Å². The molecule has 22 heavy (non-hydrogen) atoms. The highest BCUT2D eigenvalue weighted by Gasteiger charge is 2.11. The predicted molar refractivity (Wildman–Crippen MR) is 85.4 cm³/mol. The smallest absolute Gasteiger partial charge is 0.308 e. The Balaban J connectivity index is 2.12. The van der Waals surface area contributed by atoms with E-state index in [9.17, 15) is 13.2 Å². The predicted octanol–water partition coefficient (Wildman–Crippen LogP) is 3.88. The number of halogens is 2. The number of rotatable bonds is 3. The minimum Gasteiger partial charge on any atom is -0.308 e. The number of benzene rings is 2. The van der Waals surface area contributed by atoms with Crippen LogP contribution in [0, 0.1) is 0 Å². The minimum atomic E-state index is -4.34. The zero-order chi connectivity index (χ0) is 16.3. The fourth-order valence-electron chi connectivity index (χ4n) is 1.65. The normalized spacial score (nSPS) is 11.0. The molecule has 0 spiro atoms. The fourth-order valence-corrected chi connectivity index (χ4v) is 2.71. The van der Waals surface area contributed by atoms with Crippen molar-refractivity contribution >= 4 is 50.7 Å². The van der Waals surface area contributed by atoms with Gasteiger partial charge in [-0.1, -0.05) is 29.3 Å². The second kappa shape index (κ2) is 6.53. The van der Waals surface area contributed by atoms with Crippen molar-refractivity contribution in [3.63, 3.8) is 0 Å². The molecule has 0 heterocycles. The summed E-state index contributed by atoms with van der Waals surface area (Å²) in [4.78, 5) is 11.5. The highest BCUT2D eigenvalue weighted by atomic mass is 35.5. The quantitative estimate of drug-likeness (QED) is 0.723. The first-order valence-corrected chi connectivity index (χ1v) is 8.05. The van der Waals surface area contributed by atoms with Crippen LogP contribution in [-0.4, -0.2) is 19.0 Å². The van der Waals surface area contributed by atoms with Gasteiger partial charge in [-0.2, -0.15) is 8.42 Å². The van der Waals surface area contributed by atoms with Crippen LogP contribution in [0.5, 0.6) is 0 Å². The molecule has 0 aromatic heterocycles. The Morgan fingerprint density at radius 3 is 2.14 bits per heavy atom. The standard InChI is InChI=1S/C13H10Cl2N2O4S/c14-8-4-9(15)6-11(5-8)17-13(18)16-10-2-1-3-12(7-10)22(19,20)21/h1-7H,(H2,16,17,18)(H,19,20,21). The van der Waals surface area contributed by atoms with Crippen molar-refractivity contribution in [1.29, 1.82) is 0 Å². The minimum absolute atomic E-state index is 0.195. The first kappa shape index (κ1) is 16.6. The lowest BCUT2D eigenvalue weighted by molar-refractivity contribution is 0.262. The summed E-state index contributed by atoms with van der Waals surface area (Å²) in [5.41, 5.74) is 0.571. The maximum absolute atomic E-state index is 11.8. The van der Waals surface area contributed by atoms with Crippen LogP contribution < -0.4 is 10.6 Å². The third-order valence-electron chi connectivity index (χ3n) is 2.51. The molecule has 0 radical (unpaired) electrons. The van der Waals surface area contributed by atoms with Gasteiger partial charge in [0, 0.05) is 21.4 Å². The Kier molecular flexibility index (Phi) is 4.92. The van der Waals surface area contributed by atoms with Crippen molar-refractivity contribution in [2.24, 2.45) is 0 Å². The lowest BCUT2D eigenvalue weighted by Gasteiger charge is -2.09. The maximum Gasteiger partial charge on any atom is 0.323 e. The molecule has 0 fully saturated rings. The highest BCUT2D eigenvalue weighted by molar-refractivity contribution is 7.85. The molecule has 9 heteroatoms. The highest BCUT2D eigenvalue weighted by Crippen LogP contribution is 2.22. The molecule has 2 aromatic carbocycles. The van der Waals surface area contributed by atoms with Crippen LogP contribution in [0.3, 0.4) is 0 Å². The van der Waals surface area contributed by atoms with Crippen LogP contribution in [0.1, 0.15) is 0 Å². The zero-order valence-electron chi connectivity index (χ0n) is 10.9. The van der Waals surface area contributed by atoms with Crippen molar-refractivity contribution in [3.8, 4) is 0 Å². The van der Waals surface area contributed by atoms with E-state index in [4.69, 9.17) is 27.8 Å². The molecule has 116 valence electrons. The summed E-state index contributed by atoms with van der Waals surface area (Å²) in [5, 5.41) is 5.64. The van der Waals surface area contributed by atoms with Crippen molar-refractivity contribution in [2.75, 3.05) is 10.6 Å². The molecule has 2 rings (SSSR count). The van der Waals surface area contributed by atoms with Crippen LogP contribution in [0.2, 0.25) is 10.0 Å². The fraction of sp³-hybridized carbons (Fsp3) is 0. The number of carbonyl (C=O) groups is 1. The first-order valence-electron chi connectivity index (χ1n) is 5.86. The molecule has 0 saturated carbocycles. The molecule has 2 amide bonds. The third-order valence-corrected chi connectivity index (χ3v) is 3.80. The average molecular weight is 361 g/mol. The van der Waals surface area contributed by atoms with E-state index in [-0.39, 0.29) is 10.6 Å². The summed E-state index contributed by atoms with van der Waals surface area (Å²) in [7, 11) is -4.34. The van der Waals surface area contributed by atoms with Crippen LogP contribution in [-0.2, 0) is 10.1 Å². The molecule has 0 saturated heterocycles. The van der Waals surface area contributed by atoms with Crippen LogP contribution in [0.15, 0.2) is 47.4 Å². The van der Waals surface area contributed by atoms with Gasteiger partial charge in [0.15, 0.2) is 0 Å². The van der Waals surface area contributed by atoms with Crippen molar-refractivity contribution < 1.29 is 17.8 Å². The molecule has 0 aliphatic heterocycles. The molecular formula is C13H10Cl2N2O4S. The number of amides is 2. The molecule has 3 N–H and O–H groups in total. The zero-order valence-corrected chi connectivity index (χ0v) is 13.2. The Labute approximate surface area is 136 Å². The number of urea groups is 1. The molecule has 0 aliphatic rings. The summed E-state index contributed by atoms with van der Waals surface area (Å²) < 4.78 is 31.0. The largest absolute Gasteiger partial charge is 0.323 e. The Hall–Kier alpha value is -1.80. The number of hydrogen-bond acceptors (Lipinski definition) is 3. The van der Waals surface area contributed by atoms with Gasteiger partial charge in [-0.25, -0.2) is 4.79 Å². The van der Waals surface area contributed by atoms with Crippen LogP contribution >= 0.6 is 23.2 Å². The molecule has 0 bridgehead atoms. The van der Waals surface area contributed by atoms with E-state index in [1.807, 2.05) is 0 Å². The molecule has 0 aliphatic carbocycles. The van der Waals surface area contributed by atoms with Gasteiger partial charge in [0.25, 0.3) is 10.1 Å². The van der Waals surface area contributed by atoms with E-state index in [2.05, 4.69) is 10.6 Å². The Morgan fingerprint density at radius 1 is 0.955 bits per heavy atom. The van der Waals surface area contributed by atoms with Gasteiger partial charge in [0.1, 0.15) is 0 Å². The van der Waals surface area contributed by atoms with Gasteiger partial charge in [0.05, 0.1) is 4.90 Å². The lowest BCUT2D eigenvalue weighted by Crippen LogP contribution is -2.19. The molecule has 0 unspecified atom stereocenters. The molecule has 0 atom stereocenters. The van der Waals surface area contributed by atoms with Crippen LogP contribution in [0.4, 0.5) is 16.2 Å². The molecule has 2 aromatic rings. The first-order chi connectivity index (χ1) is 10.2. The molecular weight excluding hydrogens is 351 g/mol. The second-order valence-electron chi connectivity index (χ2n) is 4.24. The van der Waals surface area contributed by atoms with E-state index in [1.54, 1.807) is 0 Å². The van der Waals surface area contributed by atoms with Crippen molar-refractivity contribution in [3.05, 3.63) is 52.5 Å². The van der Waals surface area contributed by atoms with Crippen molar-refractivity contribution in [2.45, 2.75) is 4.90 Å². The van der Waals surface area contributed by atoms with Gasteiger partial charge in [0.2, 0.25) is 0 Å². The van der Waals surface area contributed by atoms with Gasteiger partial charge < -0.3 is 10.6 Å². The van der Waals surface area contributed by atoms with Gasteiger partial charge >= 0.3 is 6.03 Å². The van der Waals surface area contributed by atoms with E-state index < -0.39 is 16.1 Å². The maximum atomic E-state index is 11.8. The monoisotopic (exact) mass is 360 g/mol. The average Bonchev–Trinajstić information content (AvgIpc) is 2.36. The topological polar surface area (TPSA) is 95.5 Å². The second-order valence-corrected chi connectivity index (χ2v) is 6.53. The summed E-state index contributed by atoms with van der Waals surface area (Å²) in [5.74, 6) is 0. The van der Waals surface area contributed by atoms with E-state index in [1.165, 1.54) is 36.4 Å². The summed E-state index contributed by atoms with van der Waals surface area (Å²) >= 11 is 11.6. The SMILES string of the molecule is O=C(Nc1cc(Cl)cc(Cl)c1)Nc1cccc(S(=O)(=O)O)c1. The third kappa shape index (κ3) is 4.60. The Bertz CT molecular complexity index is 804. The van der Waals surface area contributed by atoms with E-state index >= 15 is 0 Å². The van der Waals surface area contributed by atoms with Gasteiger partial charge in [-0.05, 0) is 36.4 Å². The lowest BCUT2D eigenvalue weighted by atomic mass is 10.3. The number of anilines is 2. The summed E-state index contributed by atoms with van der Waals surface area (Å²) in [6.45, 7) is 0. The number of hydrogen-bond donors (Lipinski definition) is 3.